The first-order valence-corrected chi connectivity index (χ1v) is 23.1. The molecule has 0 saturated carbocycles. The van der Waals surface area contributed by atoms with Gasteiger partial charge in [0.1, 0.15) is 18.1 Å². The molecule has 3 aliphatic rings. The summed E-state index contributed by atoms with van der Waals surface area (Å²) in [5, 5.41) is 5.14. The highest BCUT2D eigenvalue weighted by atomic mass is 19.3. The van der Waals surface area contributed by atoms with Gasteiger partial charge >= 0.3 is 5.97 Å². The number of nitrogens with one attached hydrogen (secondary N) is 2. The highest BCUT2D eigenvalue weighted by Crippen LogP contribution is 2.42. The molecule has 5 atom stereocenters. The molecular weight excluding hydrogens is 861 g/mol. The predicted molar refractivity (Wildman–Crippen MR) is 250 cm³/mol. The second-order valence-corrected chi connectivity index (χ2v) is 19.2. The lowest BCUT2D eigenvalue weighted by atomic mass is 9.84. The number of aromatic nitrogens is 2. The highest BCUT2D eigenvalue weighted by Gasteiger charge is 2.40. The normalized spacial score (nSPS) is 20.9. The van der Waals surface area contributed by atoms with Gasteiger partial charge in [0, 0.05) is 68.3 Å². The Labute approximate surface area is 391 Å². The van der Waals surface area contributed by atoms with Gasteiger partial charge in [-0.15, -0.1) is 0 Å². The first-order valence-electron chi connectivity index (χ1n) is 23.1. The molecule has 4 aromatic rings. The topological polar surface area (TPSA) is 155 Å². The van der Waals surface area contributed by atoms with Crippen molar-refractivity contribution in [1.29, 1.82) is 0 Å². The number of hydrogen-bond acceptors (Lipinski definition) is 9. The van der Waals surface area contributed by atoms with Crippen molar-refractivity contribution in [3.05, 3.63) is 90.3 Å². The monoisotopic (exact) mass is 923 g/mol. The molecule has 0 spiro atoms. The van der Waals surface area contributed by atoms with Crippen molar-refractivity contribution in [1.82, 2.24) is 35.1 Å². The van der Waals surface area contributed by atoms with E-state index in [-0.39, 0.29) is 43.8 Å². The summed E-state index contributed by atoms with van der Waals surface area (Å²) in [6, 6.07) is 14.1. The maximum atomic E-state index is 14.7. The number of esters is 1. The number of halogens is 2. The molecule has 2 saturated heterocycles. The number of hydrogen-bond donors (Lipinski definition) is 2. The van der Waals surface area contributed by atoms with E-state index in [0.717, 1.165) is 27.6 Å². The fourth-order valence-electron chi connectivity index (χ4n) is 9.88. The number of likely N-dealkylation sites (tertiary alicyclic amines) is 1. The van der Waals surface area contributed by atoms with E-state index in [0.29, 0.717) is 54.7 Å². The maximum Gasteiger partial charge on any atom is 0.324 e. The number of carbonyl (C=O) groups is 5. The number of alkyl halides is 2. The molecule has 16 heteroatoms. The molecule has 2 N–H and O–H groups in total. The summed E-state index contributed by atoms with van der Waals surface area (Å²) < 4.78 is 42.7. The minimum absolute atomic E-state index is 0.0139. The lowest BCUT2D eigenvalue weighted by molar-refractivity contribution is -0.155. The van der Waals surface area contributed by atoms with Crippen LogP contribution in [-0.2, 0) is 52.8 Å². The lowest BCUT2D eigenvalue weighted by Crippen LogP contribution is -2.62. The minimum atomic E-state index is -2.68. The van der Waals surface area contributed by atoms with Crippen LogP contribution >= 0.6 is 0 Å². The summed E-state index contributed by atoms with van der Waals surface area (Å²) >= 11 is 0. The fraction of sp³-hybridized carbons (Fsp3) is 0.490. The van der Waals surface area contributed by atoms with Crippen LogP contribution in [0, 0.1) is 17.3 Å². The molecule has 6 bridgehead atoms. The number of fused-ring (bicyclic) bond motifs is 6. The van der Waals surface area contributed by atoms with Gasteiger partial charge in [0.2, 0.25) is 17.7 Å². The van der Waals surface area contributed by atoms with Crippen LogP contribution in [0.3, 0.4) is 0 Å². The second-order valence-electron chi connectivity index (χ2n) is 19.2. The van der Waals surface area contributed by atoms with Gasteiger partial charge in [-0.05, 0) is 91.1 Å². The smallest absolute Gasteiger partial charge is 0.324 e. The van der Waals surface area contributed by atoms with Gasteiger partial charge in [-0.25, -0.2) is 14.2 Å². The van der Waals surface area contributed by atoms with Crippen molar-refractivity contribution in [2.45, 2.75) is 104 Å². The number of ether oxygens (including phenoxy) is 2. The van der Waals surface area contributed by atoms with Crippen LogP contribution in [0.15, 0.2) is 73.4 Å². The van der Waals surface area contributed by atoms with Crippen LogP contribution in [0.1, 0.15) is 76.8 Å². The molecule has 4 amide bonds. The Morgan fingerprint density at radius 3 is 2.54 bits per heavy atom. The zero-order chi connectivity index (χ0) is 48.3. The molecule has 3 aliphatic heterocycles. The number of benzene rings is 2. The Kier molecular flexibility index (Phi) is 14.9. The summed E-state index contributed by atoms with van der Waals surface area (Å²) in [5.74, 6) is -2.91. The van der Waals surface area contributed by atoms with Crippen molar-refractivity contribution in [2.24, 2.45) is 17.3 Å². The van der Waals surface area contributed by atoms with Crippen molar-refractivity contribution < 1.29 is 42.2 Å². The van der Waals surface area contributed by atoms with E-state index < -0.39 is 66.3 Å². The van der Waals surface area contributed by atoms with E-state index in [2.05, 4.69) is 22.3 Å². The zero-order valence-electron chi connectivity index (χ0n) is 39.5. The van der Waals surface area contributed by atoms with Gasteiger partial charge in [-0.3, -0.25) is 34.0 Å². The Morgan fingerprint density at radius 1 is 1.06 bits per heavy atom. The number of pyridine rings is 1. The first-order chi connectivity index (χ1) is 31.9. The summed E-state index contributed by atoms with van der Waals surface area (Å²) in [5.41, 5.74) is 7.96. The average molecular weight is 924 g/mol. The largest absolute Gasteiger partial charge is 0.464 e. The predicted octanol–water partition coefficient (Wildman–Crippen LogP) is 6.51. The third-order valence-corrected chi connectivity index (χ3v) is 13.3. The molecule has 0 radical (unpaired) electrons. The van der Waals surface area contributed by atoms with E-state index in [1.165, 1.54) is 16.0 Å². The maximum absolute atomic E-state index is 14.7. The molecular formula is C51H63F2N7O7. The summed E-state index contributed by atoms with van der Waals surface area (Å²) in [7, 11) is 3.15. The molecule has 1 unspecified atom stereocenters. The van der Waals surface area contributed by atoms with Gasteiger partial charge in [0.15, 0.2) is 0 Å². The molecule has 2 aromatic carbocycles. The Morgan fingerprint density at radius 2 is 1.82 bits per heavy atom. The van der Waals surface area contributed by atoms with Crippen LogP contribution in [0.4, 0.5) is 8.78 Å². The summed E-state index contributed by atoms with van der Waals surface area (Å²) in [4.78, 5) is 76.9. The van der Waals surface area contributed by atoms with Gasteiger partial charge in [-0.1, -0.05) is 64.6 Å². The average Bonchev–Trinajstić information content (AvgIpc) is 3.92. The zero-order valence-corrected chi connectivity index (χ0v) is 39.5. The summed E-state index contributed by atoms with van der Waals surface area (Å²) in [6.07, 6.45) is 1.49. The van der Waals surface area contributed by atoms with Crippen molar-refractivity contribution in [2.75, 3.05) is 40.4 Å². The molecule has 7 rings (SSSR count). The van der Waals surface area contributed by atoms with Crippen LogP contribution in [0.5, 0.6) is 0 Å². The Balaban J connectivity index is 1.31. The number of rotatable bonds is 11. The quantitative estimate of drug-likeness (QED) is 0.127. The van der Waals surface area contributed by atoms with E-state index in [4.69, 9.17) is 9.47 Å². The van der Waals surface area contributed by atoms with E-state index in [1.807, 2.05) is 83.1 Å². The number of likely N-dealkylation sites (N-methyl/N-ethyl adjacent to an activating group) is 1. The third-order valence-electron chi connectivity index (χ3n) is 13.3. The van der Waals surface area contributed by atoms with E-state index in [1.54, 1.807) is 35.9 Å². The van der Waals surface area contributed by atoms with E-state index >= 15 is 0 Å². The van der Waals surface area contributed by atoms with Crippen LogP contribution in [0.2, 0.25) is 0 Å². The molecule has 5 heterocycles. The molecule has 2 aromatic heterocycles. The van der Waals surface area contributed by atoms with E-state index in [9.17, 15) is 32.8 Å². The first kappa shape index (κ1) is 48.9. The number of amides is 4. The number of cyclic esters (lactones) is 1. The molecule has 2 fully saturated rings. The van der Waals surface area contributed by atoms with Crippen LogP contribution in [-0.4, -0.2) is 119 Å². The van der Waals surface area contributed by atoms with Gasteiger partial charge in [-0.2, -0.15) is 0 Å². The minimum Gasteiger partial charge on any atom is -0.464 e. The number of hydrazine groups is 1. The highest BCUT2D eigenvalue weighted by molar-refractivity contribution is 5.96. The van der Waals surface area contributed by atoms with Crippen molar-refractivity contribution >= 4 is 40.5 Å². The number of methoxy groups -OCH3 is 1. The lowest BCUT2D eigenvalue weighted by Gasteiger charge is -2.37. The van der Waals surface area contributed by atoms with Crippen LogP contribution < -0.4 is 10.7 Å². The van der Waals surface area contributed by atoms with Gasteiger partial charge in [0.25, 0.3) is 12.3 Å². The SMILES string of the molecule is C=CC(=O)N1CC[C@H](C(=O)N(C)C(C(=O)N[C@H]2Cc3cccc(c3)-c3ccc4c(c3)c(c(-c3cccnc3[C@H](C)OC)n4CC(F)F)CC(C)(C)COC(=O)[C@@H]3CCCN(N3)C2=O)C(C)C)C1. The molecule has 0 aliphatic carbocycles. The second kappa shape index (κ2) is 20.5. The number of nitrogens with zero attached hydrogens (tertiary/aromatic N) is 5. The number of carbonyl (C=O) groups excluding carboxylic acids is 5. The Bertz CT molecular complexity index is 2520. The third kappa shape index (κ3) is 10.6. The van der Waals surface area contributed by atoms with Crippen LogP contribution in [0.25, 0.3) is 33.3 Å². The van der Waals surface area contributed by atoms with Crippen molar-refractivity contribution in [3.63, 3.8) is 0 Å². The van der Waals surface area contributed by atoms with Crippen molar-refractivity contribution in [3.8, 4) is 22.4 Å². The standard InChI is InChI=1S/C51H63F2N7O7/c1-9-43(61)58-22-19-35(27-58)48(63)57(7)45(30(2)3)47(62)55-40-24-32-13-10-14-33(23-32)34-17-18-41-37(25-34)38(26-51(5,6)29-67-50(65)39-16-12-21-60(56-39)49(40)64)46(59(41)28-42(52)53)36-15-11-20-54-44(36)31(4)66-8/h9-11,13-15,17-18,20,23,25,30-31,35,39-40,42,45,56H,1,12,16,19,21-22,24,26-29H2,2-8H3,(H,55,62)/t31-,35-,39-,40-,45?/m0/s1. The molecule has 14 nitrogen and oxygen atoms in total. The van der Waals surface area contributed by atoms with Gasteiger partial charge in [0.05, 0.1) is 36.6 Å². The fourth-order valence-corrected chi connectivity index (χ4v) is 9.88. The summed E-state index contributed by atoms with van der Waals surface area (Å²) in [6.45, 7) is 13.3. The molecule has 67 heavy (non-hydrogen) atoms. The van der Waals surface area contributed by atoms with Gasteiger partial charge < -0.3 is 29.2 Å². The Hall–Kier alpha value is -6.00. The molecule has 358 valence electrons.